The molecule has 1 aromatic carbocycles. The Bertz CT molecular complexity index is 579. The van der Waals surface area contributed by atoms with Crippen molar-refractivity contribution in [3.63, 3.8) is 0 Å². The second-order valence-corrected chi connectivity index (χ2v) is 7.72. The first-order valence-electron chi connectivity index (χ1n) is 8.79. The number of carbonyl (C=O) groups excluding carboxylic acids is 1. The molecule has 2 unspecified atom stereocenters. The number of nitrogens with one attached hydrogen (secondary N) is 2. The smallest absolute Gasteiger partial charge is 0.237 e. The van der Waals surface area contributed by atoms with Gasteiger partial charge >= 0.3 is 0 Å². The minimum atomic E-state index is 0. The highest BCUT2D eigenvalue weighted by Gasteiger charge is 2.24. The fourth-order valence-corrected chi connectivity index (χ4v) is 4.02. The molecule has 3 rings (SSSR count). The van der Waals surface area contributed by atoms with Crippen LogP contribution < -0.4 is 10.6 Å². The first-order valence-corrected chi connectivity index (χ1v) is 9.55. The highest BCUT2D eigenvalue weighted by molar-refractivity contribution is 6.33. The molecule has 2 N–H and O–H groups in total. The third-order valence-electron chi connectivity index (χ3n) is 4.95. The fraction of sp³-hybridized carbons (Fsp3) is 0.611. The Morgan fingerprint density at radius 1 is 1.28 bits per heavy atom. The molecule has 0 saturated carbocycles. The minimum Gasteiger partial charge on any atom is -0.354 e. The van der Waals surface area contributed by atoms with Crippen molar-refractivity contribution in [2.45, 2.75) is 38.3 Å². The molecule has 2 atom stereocenters. The van der Waals surface area contributed by atoms with Gasteiger partial charge in [-0.05, 0) is 68.5 Å². The number of carbonyl (C=O) groups is 1. The van der Waals surface area contributed by atoms with Gasteiger partial charge in [-0.2, -0.15) is 0 Å². The molecule has 0 bridgehead atoms. The van der Waals surface area contributed by atoms with Crippen molar-refractivity contribution in [2.75, 3.05) is 26.2 Å². The topological polar surface area (TPSA) is 44.4 Å². The van der Waals surface area contributed by atoms with Gasteiger partial charge in [-0.25, -0.2) is 0 Å². The van der Waals surface area contributed by atoms with Crippen LogP contribution >= 0.6 is 35.6 Å². The highest BCUT2D eigenvalue weighted by Crippen LogP contribution is 2.24. The van der Waals surface area contributed by atoms with Crippen LogP contribution in [0, 0.1) is 5.92 Å². The first kappa shape index (κ1) is 20.8. The summed E-state index contributed by atoms with van der Waals surface area (Å²) in [5.41, 5.74) is 1.07. The highest BCUT2D eigenvalue weighted by atomic mass is 35.5. The lowest BCUT2D eigenvalue weighted by Crippen LogP contribution is -2.45. The van der Waals surface area contributed by atoms with Crippen LogP contribution in [0.2, 0.25) is 10.0 Å². The minimum absolute atomic E-state index is 0. The number of nitrogens with zero attached hydrogens (tertiary/aromatic N) is 1. The van der Waals surface area contributed by atoms with Crippen LogP contribution in [0.3, 0.4) is 0 Å². The molecule has 2 aliphatic rings. The molecular weight excluding hydrogens is 381 g/mol. The van der Waals surface area contributed by atoms with Crippen LogP contribution in [0.5, 0.6) is 0 Å². The van der Waals surface area contributed by atoms with Crippen molar-refractivity contribution in [3.05, 3.63) is 33.8 Å². The Kier molecular flexibility index (Phi) is 8.30. The second kappa shape index (κ2) is 9.98. The third kappa shape index (κ3) is 6.00. The van der Waals surface area contributed by atoms with Gasteiger partial charge in [0.2, 0.25) is 5.91 Å². The zero-order valence-electron chi connectivity index (χ0n) is 14.3. The Balaban J connectivity index is 0.00000225. The van der Waals surface area contributed by atoms with E-state index < -0.39 is 0 Å². The van der Waals surface area contributed by atoms with Gasteiger partial charge in [-0.1, -0.05) is 23.2 Å². The van der Waals surface area contributed by atoms with Crippen LogP contribution in [0.1, 0.15) is 31.2 Å². The van der Waals surface area contributed by atoms with Gasteiger partial charge in [0.15, 0.2) is 0 Å². The summed E-state index contributed by atoms with van der Waals surface area (Å²) in [6, 6.07) is 5.63. The number of benzene rings is 1. The number of rotatable bonds is 5. The predicted octanol–water partition coefficient (Wildman–Crippen LogP) is 3.50. The predicted molar refractivity (Wildman–Crippen MR) is 106 cm³/mol. The van der Waals surface area contributed by atoms with Crippen molar-refractivity contribution in [3.8, 4) is 0 Å². The van der Waals surface area contributed by atoms with E-state index in [2.05, 4.69) is 15.5 Å². The van der Waals surface area contributed by atoms with Gasteiger partial charge in [-0.15, -0.1) is 12.4 Å². The van der Waals surface area contributed by atoms with Crippen LogP contribution in [0.4, 0.5) is 0 Å². The average Bonchev–Trinajstić information content (AvgIpc) is 3.11. The van der Waals surface area contributed by atoms with E-state index in [-0.39, 0.29) is 24.4 Å². The lowest BCUT2D eigenvalue weighted by Gasteiger charge is -2.33. The zero-order chi connectivity index (χ0) is 16.9. The number of hydrogen-bond acceptors (Lipinski definition) is 3. The fourth-order valence-electron chi connectivity index (χ4n) is 3.64. The van der Waals surface area contributed by atoms with Gasteiger partial charge in [0.05, 0.1) is 6.04 Å². The number of likely N-dealkylation sites (tertiary alicyclic amines) is 1. The van der Waals surface area contributed by atoms with E-state index in [1.54, 1.807) is 0 Å². The quantitative estimate of drug-likeness (QED) is 0.786. The summed E-state index contributed by atoms with van der Waals surface area (Å²) in [6.07, 6.45) is 4.37. The molecule has 140 valence electrons. The molecule has 4 nitrogen and oxygen atoms in total. The monoisotopic (exact) mass is 405 g/mol. The van der Waals surface area contributed by atoms with E-state index in [0.717, 1.165) is 74.0 Å². The molecule has 0 radical (unpaired) electrons. The molecule has 1 amide bonds. The Morgan fingerprint density at radius 2 is 2.12 bits per heavy atom. The summed E-state index contributed by atoms with van der Waals surface area (Å²) in [4.78, 5) is 14.5. The second-order valence-electron chi connectivity index (χ2n) is 6.87. The lowest BCUT2D eigenvalue weighted by atomic mass is 9.97. The SMILES string of the molecule is Cl.O=C(NCC1CCCN(Cc2cc(Cl)ccc2Cl)C1)C1CCCN1. The normalized spacial score (nSPS) is 23.9. The molecule has 0 aliphatic carbocycles. The van der Waals surface area contributed by atoms with E-state index >= 15 is 0 Å². The van der Waals surface area contributed by atoms with E-state index in [1.165, 1.54) is 0 Å². The number of hydrogen-bond donors (Lipinski definition) is 2. The maximum atomic E-state index is 12.1. The third-order valence-corrected chi connectivity index (χ3v) is 5.55. The molecular formula is C18H26Cl3N3O. The molecule has 2 saturated heterocycles. The molecule has 2 aliphatic heterocycles. The van der Waals surface area contributed by atoms with Crippen molar-refractivity contribution in [1.29, 1.82) is 0 Å². The summed E-state index contributed by atoms with van der Waals surface area (Å²) < 4.78 is 0. The maximum absolute atomic E-state index is 12.1. The van der Waals surface area contributed by atoms with Crippen molar-refractivity contribution >= 4 is 41.5 Å². The largest absolute Gasteiger partial charge is 0.354 e. The summed E-state index contributed by atoms with van der Waals surface area (Å²) in [6.45, 7) is 4.58. The lowest BCUT2D eigenvalue weighted by molar-refractivity contribution is -0.123. The van der Waals surface area contributed by atoms with Crippen LogP contribution in [0.25, 0.3) is 0 Å². The number of amides is 1. The maximum Gasteiger partial charge on any atom is 0.237 e. The Morgan fingerprint density at radius 3 is 2.88 bits per heavy atom. The zero-order valence-corrected chi connectivity index (χ0v) is 16.6. The van der Waals surface area contributed by atoms with E-state index in [0.29, 0.717) is 5.92 Å². The Hall–Kier alpha value is -0.520. The molecule has 2 heterocycles. The van der Waals surface area contributed by atoms with Crippen molar-refractivity contribution < 1.29 is 4.79 Å². The first-order chi connectivity index (χ1) is 11.6. The number of piperidine rings is 1. The summed E-state index contributed by atoms with van der Waals surface area (Å²) in [5, 5.41) is 7.86. The van der Waals surface area contributed by atoms with E-state index in [4.69, 9.17) is 23.2 Å². The van der Waals surface area contributed by atoms with Gasteiger partial charge in [0.25, 0.3) is 0 Å². The molecule has 1 aromatic rings. The van der Waals surface area contributed by atoms with Gasteiger partial charge < -0.3 is 10.6 Å². The molecule has 2 fully saturated rings. The van der Waals surface area contributed by atoms with Gasteiger partial charge in [0, 0.05) is 29.7 Å². The van der Waals surface area contributed by atoms with E-state index in [1.807, 2.05) is 18.2 Å². The van der Waals surface area contributed by atoms with Crippen LogP contribution in [0.15, 0.2) is 18.2 Å². The summed E-state index contributed by atoms with van der Waals surface area (Å²) in [5.74, 6) is 0.657. The number of halogens is 3. The van der Waals surface area contributed by atoms with Crippen LogP contribution in [-0.4, -0.2) is 43.0 Å². The Labute approximate surface area is 166 Å². The summed E-state index contributed by atoms with van der Waals surface area (Å²) in [7, 11) is 0. The van der Waals surface area contributed by atoms with Crippen molar-refractivity contribution in [1.82, 2.24) is 15.5 Å². The standard InChI is InChI=1S/C18H25Cl2N3O.ClH/c19-15-5-6-16(20)14(9-15)12-23-8-2-3-13(11-23)10-22-18(24)17-4-1-7-21-17;/h5-6,9,13,17,21H,1-4,7-8,10-12H2,(H,22,24);1H. The molecule has 0 aromatic heterocycles. The van der Waals surface area contributed by atoms with Gasteiger partial charge in [-0.3, -0.25) is 9.69 Å². The average molecular weight is 407 g/mol. The van der Waals surface area contributed by atoms with Crippen molar-refractivity contribution in [2.24, 2.45) is 5.92 Å². The molecule has 7 heteroatoms. The van der Waals surface area contributed by atoms with Gasteiger partial charge in [0.1, 0.15) is 0 Å². The summed E-state index contributed by atoms with van der Waals surface area (Å²) >= 11 is 12.4. The molecule has 0 spiro atoms. The van der Waals surface area contributed by atoms with E-state index in [9.17, 15) is 4.79 Å². The van der Waals surface area contributed by atoms with Crippen LogP contribution in [-0.2, 0) is 11.3 Å². The molecule has 25 heavy (non-hydrogen) atoms.